The first-order valence-corrected chi connectivity index (χ1v) is 8.15. The number of carbonyl (C=O) groups is 2. The summed E-state index contributed by atoms with van der Waals surface area (Å²) in [6.07, 6.45) is 0.918. The molecule has 0 saturated carbocycles. The lowest BCUT2D eigenvalue weighted by Crippen LogP contribution is -2.13. The minimum Gasteiger partial charge on any atom is -0.494 e. The van der Waals surface area contributed by atoms with Gasteiger partial charge in [0, 0.05) is 16.6 Å². The number of fused-ring (bicyclic) bond motifs is 1. The number of carboxylic acids is 1. The Labute approximate surface area is 145 Å². The number of rotatable bonds is 5. The molecule has 0 aliphatic heterocycles. The lowest BCUT2D eigenvalue weighted by Gasteiger charge is -2.09. The fourth-order valence-corrected chi connectivity index (χ4v) is 2.86. The number of hydrogen-bond acceptors (Lipinski definition) is 3. The van der Waals surface area contributed by atoms with Gasteiger partial charge in [0.15, 0.2) is 0 Å². The van der Waals surface area contributed by atoms with Crippen LogP contribution in [0.3, 0.4) is 0 Å². The van der Waals surface area contributed by atoms with Gasteiger partial charge in [-0.3, -0.25) is 9.36 Å². The summed E-state index contributed by atoms with van der Waals surface area (Å²) in [5.74, 6) is -0.481. The topological polar surface area (TPSA) is 68.5 Å². The number of aromatic nitrogens is 1. The van der Waals surface area contributed by atoms with Crippen LogP contribution in [-0.2, 0) is 0 Å². The van der Waals surface area contributed by atoms with Crippen molar-refractivity contribution in [2.24, 2.45) is 0 Å². The van der Waals surface area contributed by atoms with E-state index in [1.54, 1.807) is 60.0 Å². The molecule has 5 heteroatoms. The zero-order valence-corrected chi connectivity index (χ0v) is 14.2. The SMILES string of the molecule is CCCOc1ccc(C(=O)n2c(C)cc3c(C(=O)O)cccc32)cc1. The first-order chi connectivity index (χ1) is 12.0. The monoisotopic (exact) mass is 337 g/mol. The van der Waals surface area contributed by atoms with Crippen molar-refractivity contribution in [3.8, 4) is 5.75 Å². The number of aryl methyl sites for hydroxylation is 1. The van der Waals surface area contributed by atoms with E-state index in [2.05, 4.69) is 0 Å². The van der Waals surface area contributed by atoms with Gasteiger partial charge in [0.05, 0.1) is 17.7 Å². The molecule has 0 atom stereocenters. The summed E-state index contributed by atoms with van der Waals surface area (Å²) >= 11 is 0. The predicted octanol–water partition coefficient (Wildman–Crippen LogP) is 4.13. The second-order valence-corrected chi connectivity index (χ2v) is 5.84. The quantitative estimate of drug-likeness (QED) is 0.760. The van der Waals surface area contributed by atoms with Crippen molar-refractivity contribution in [3.63, 3.8) is 0 Å². The highest BCUT2D eigenvalue weighted by atomic mass is 16.5. The van der Waals surface area contributed by atoms with E-state index in [-0.39, 0.29) is 11.5 Å². The van der Waals surface area contributed by atoms with Crippen LogP contribution in [0.1, 0.15) is 39.8 Å². The molecular formula is C20H19NO4. The Morgan fingerprint density at radius 3 is 2.48 bits per heavy atom. The Kier molecular flexibility index (Phi) is 4.57. The molecule has 0 saturated heterocycles. The van der Waals surface area contributed by atoms with Crippen molar-refractivity contribution in [1.82, 2.24) is 4.57 Å². The van der Waals surface area contributed by atoms with Gasteiger partial charge in [-0.25, -0.2) is 4.79 Å². The van der Waals surface area contributed by atoms with E-state index < -0.39 is 5.97 Å². The van der Waals surface area contributed by atoms with Crippen molar-refractivity contribution in [2.45, 2.75) is 20.3 Å². The van der Waals surface area contributed by atoms with E-state index in [4.69, 9.17) is 4.74 Å². The minimum atomic E-state index is -1.01. The van der Waals surface area contributed by atoms with Gasteiger partial charge in [0.1, 0.15) is 5.75 Å². The number of carboxylic acid groups (broad SMARTS) is 1. The third-order valence-corrected chi connectivity index (χ3v) is 4.04. The predicted molar refractivity (Wildman–Crippen MR) is 95.6 cm³/mol. The van der Waals surface area contributed by atoms with Crippen molar-refractivity contribution >= 4 is 22.8 Å². The van der Waals surface area contributed by atoms with Crippen LogP contribution in [0.15, 0.2) is 48.5 Å². The van der Waals surface area contributed by atoms with Crippen LogP contribution in [0.5, 0.6) is 5.75 Å². The lowest BCUT2D eigenvalue weighted by molar-refractivity contribution is 0.0698. The van der Waals surface area contributed by atoms with Gasteiger partial charge in [0.25, 0.3) is 5.91 Å². The largest absolute Gasteiger partial charge is 0.494 e. The summed E-state index contributed by atoms with van der Waals surface area (Å²) in [7, 11) is 0. The van der Waals surface area contributed by atoms with Crippen LogP contribution >= 0.6 is 0 Å². The minimum absolute atomic E-state index is 0.190. The summed E-state index contributed by atoms with van der Waals surface area (Å²) in [6.45, 7) is 4.46. The van der Waals surface area contributed by atoms with Gasteiger partial charge in [-0.05, 0) is 55.8 Å². The van der Waals surface area contributed by atoms with Gasteiger partial charge in [-0.2, -0.15) is 0 Å². The first-order valence-electron chi connectivity index (χ1n) is 8.15. The van der Waals surface area contributed by atoms with Crippen LogP contribution in [0.25, 0.3) is 10.9 Å². The molecule has 3 rings (SSSR count). The van der Waals surface area contributed by atoms with Gasteiger partial charge >= 0.3 is 5.97 Å². The molecule has 5 nitrogen and oxygen atoms in total. The number of ether oxygens (including phenoxy) is 1. The Morgan fingerprint density at radius 2 is 1.84 bits per heavy atom. The molecule has 1 heterocycles. The standard InChI is InChI=1S/C20H19NO4/c1-3-11-25-15-9-7-14(8-10-15)19(22)21-13(2)12-17-16(20(23)24)5-4-6-18(17)21/h4-10,12H,3,11H2,1-2H3,(H,23,24). The Balaban J connectivity index is 2.01. The molecule has 0 amide bonds. The van der Waals surface area contributed by atoms with Crippen molar-refractivity contribution in [3.05, 3.63) is 65.4 Å². The van der Waals surface area contributed by atoms with Crippen LogP contribution in [0, 0.1) is 6.92 Å². The Bertz CT molecular complexity index is 938. The number of benzene rings is 2. The average Bonchev–Trinajstić information content (AvgIpc) is 2.95. The highest BCUT2D eigenvalue weighted by Gasteiger charge is 2.18. The van der Waals surface area contributed by atoms with Gasteiger partial charge in [0.2, 0.25) is 0 Å². The molecule has 0 spiro atoms. The summed E-state index contributed by atoms with van der Waals surface area (Å²) in [5, 5.41) is 9.89. The van der Waals surface area contributed by atoms with Crippen molar-refractivity contribution in [1.29, 1.82) is 0 Å². The summed E-state index contributed by atoms with van der Waals surface area (Å²) in [6, 6.07) is 13.7. The normalized spacial score (nSPS) is 10.8. The smallest absolute Gasteiger partial charge is 0.336 e. The van der Waals surface area contributed by atoms with E-state index in [0.29, 0.717) is 28.8 Å². The van der Waals surface area contributed by atoms with Crippen molar-refractivity contribution in [2.75, 3.05) is 6.61 Å². The number of hydrogen-bond donors (Lipinski definition) is 1. The van der Waals surface area contributed by atoms with Crippen LogP contribution < -0.4 is 4.74 Å². The van der Waals surface area contributed by atoms with Crippen molar-refractivity contribution < 1.29 is 19.4 Å². The molecule has 1 N–H and O–H groups in total. The van der Waals surface area contributed by atoms with Crippen LogP contribution in [0.4, 0.5) is 0 Å². The molecule has 1 aromatic heterocycles. The molecular weight excluding hydrogens is 318 g/mol. The highest BCUT2D eigenvalue weighted by Crippen LogP contribution is 2.25. The van der Waals surface area contributed by atoms with E-state index in [1.807, 2.05) is 6.92 Å². The molecule has 2 aromatic carbocycles. The lowest BCUT2D eigenvalue weighted by atomic mass is 10.1. The molecule has 0 bridgehead atoms. The van der Waals surface area contributed by atoms with E-state index in [9.17, 15) is 14.7 Å². The maximum Gasteiger partial charge on any atom is 0.336 e. The van der Waals surface area contributed by atoms with E-state index in [1.165, 1.54) is 0 Å². The maximum absolute atomic E-state index is 12.9. The Hall–Kier alpha value is -3.08. The number of carbonyl (C=O) groups excluding carboxylic acids is 1. The molecule has 0 unspecified atom stereocenters. The van der Waals surface area contributed by atoms with E-state index >= 15 is 0 Å². The van der Waals surface area contributed by atoms with Gasteiger partial charge < -0.3 is 9.84 Å². The van der Waals surface area contributed by atoms with Crippen LogP contribution in [0.2, 0.25) is 0 Å². The third-order valence-electron chi connectivity index (χ3n) is 4.04. The third kappa shape index (κ3) is 3.13. The second-order valence-electron chi connectivity index (χ2n) is 5.84. The molecule has 128 valence electrons. The highest BCUT2D eigenvalue weighted by molar-refractivity contribution is 6.08. The number of aromatic carboxylic acids is 1. The maximum atomic E-state index is 12.9. The second kappa shape index (κ2) is 6.81. The summed E-state index contributed by atoms with van der Waals surface area (Å²) < 4.78 is 7.08. The summed E-state index contributed by atoms with van der Waals surface area (Å²) in [4.78, 5) is 24.3. The van der Waals surface area contributed by atoms with Gasteiger partial charge in [-0.1, -0.05) is 13.0 Å². The molecule has 25 heavy (non-hydrogen) atoms. The first kappa shape index (κ1) is 16.8. The zero-order chi connectivity index (χ0) is 18.0. The summed E-state index contributed by atoms with van der Waals surface area (Å²) in [5.41, 5.74) is 1.99. The zero-order valence-electron chi connectivity index (χ0n) is 14.2. The molecule has 0 aliphatic carbocycles. The molecule has 0 radical (unpaired) electrons. The van der Waals surface area contributed by atoms with E-state index in [0.717, 1.165) is 12.2 Å². The average molecular weight is 337 g/mol. The molecule has 3 aromatic rings. The molecule has 0 fully saturated rings. The Morgan fingerprint density at radius 1 is 1.12 bits per heavy atom. The van der Waals surface area contributed by atoms with Crippen LogP contribution in [-0.4, -0.2) is 28.2 Å². The fourth-order valence-electron chi connectivity index (χ4n) is 2.86. The van der Waals surface area contributed by atoms with Gasteiger partial charge in [-0.15, -0.1) is 0 Å². The molecule has 0 aliphatic rings. The number of nitrogens with zero attached hydrogens (tertiary/aromatic N) is 1. The fraction of sp³-hybridized carbons (Fsp3) is 0.200.